The van der Waals surface area contributed by atoms with Crippen LogP contribution in [0.2, 0.25) is 0 Å². The van der Waals surface area contributed by atoms with E-state index in [1.54, 1.807) is 13.8 Å². The van der Waals surface area contributed by atoms with E-state index in [0.717, 1.165) is 16.5 Å². The number of nitriles is 1. The fraction of sp³-hybridized carbons (Fsp3) is 0.222. The molecule has 2 heterocycles. The minimum absolute atomic E-state index is 0.376. The van der Waals surface area contributed by atoms with E-state index < -0.39 is 0 Å². The third-order valence-electron chi connectivity index (χ3n) is 3.63. The lowest BCUT2D eigenvalue weighted by Gasteiger charge is -2.08. The van der Waals surface area contributed by atoms with Gasteiger partial charge in [-0.3, -0.25) is 0 Å². The molecule has 0 spiro atoms. The van der Waals surface area contributed by atoms with E-state index in [1.807, 2.05) is 25.1 Å². The van der Waals surface area contributed by atoms with Crippen molar-refractivity contribution in [1.29, 1.82) is 5.26 Å². The van der Waals surface area contributed by atoms with Gasteiger partial charge in [-0.1, -0.05) is 12.1 Å². The first kappa shape index (κ1) is 16.2. The molecule has 24 heavy (non-hydrogen) atoms. The van der Waals surface area contributed by atoms with Crippen molar-refractivity contribution in [3.05, 3.63) is 62.9 Å². The van der Waals surface area contributed by atoms with Gasteiger partial charge in [0.15, 0.2) is 0 Å². The molecule has 0 bridgehead atoms. The Bertz CT molecular complexity index is 1030. The summed E-state index contributed by atoms with van der Waals surface area (Å²) < 4.78 is 5.28. The first-order valence-electron chi connectivity index (χ1n) is 7.39. The quantitative estimate of drug-likeness (QED) is 0.412. The van der Waals surface area contributed by atoms with E-state index in [0.29, 0.717) is 33.4 Å². The van der Waals surface area contributed by atoms with Crippen LogP contribution >= 0.6 is 11.8 Å². The lowest BCUT2D eigenvalue weighted by atomic mass is 10.1. The van der Waals surface area contributed by atoms with Crippen molar-refractivity contribution < 1.29 is 4.42 Å². The molecule has 2 aromatic heterocycles. The van der Waals surface area contributed by atoms with E-state index in [2.05, 4.69) is 16.0 Å². The monoisotopic (exact) mass is 337 g/mol. The van der Waals surface area contributed by atoms with Gasteiger partial charge >= 0.3 is 5.63 Å². The molecule has 0 unspecified atom stereocenters. The van der Waals surface area contributed by atoms with Gasteiger partial charge in [-0.2, -0.15) is 5.26 Å². The third-order valence-corrected chi connectivity index (χ3v) is 4.65. The van der Waals surface area contributed by atoms with Crippen LogP contribution in [0.25, 0.3) is 11.0 Å². The number of thioether (sulfide) groups is 1. The summed E-state index contributed by atoms with van der Waals surface area (Å²) in [6.07, 6.45) is 0. The molecule has 0 radical (unpaired) electrons. The van der Waals surface area contributed by atoms with Gasteiger partial charge in [0.25, 0.3) is 0 Å². The number of hydrogen-bond acceptors (Lipinski definition) is 6. The van der Waals surface area contributed by atoms with Gasteiger partial charge in [0.2, 0.25) is 0 Å². The molecule has 3 aromatic rings. The van der Waals surface area contributed by atoms with Gasteiger partial charge in [-0.25, -0.2) is 14.8 Å². The molecule has 0 aliphatic rings. The molecule has 3 rings (SSSR count). The standard InChI is InChI=1S/C18H15N3O2S/c1-10-4-5-14-13(7-17(22)23-16(14)6-10)9-24-18-15(8-19)11(2)20-12(3)21-18/h4-7H,9H2,1-3H3. The van der Waals surface area contributed by atoms with Crippen LogP contribution in [0.1, 0.15) is 28.2 Å². The Morgan fingerprint density at radius 1 is 1.21 bits per heavy atom. The van der Waals surface area contributed by atoms with Gasteiger partial charge in [-0.05, 0) is 38.0 Å². The average Bonchev–Trinajstić information content (AvgIpc) is 2.51. The van der Waals surface area contributed by atoms with Gasteiger partial charge < -0.3 is 4.42 Å². The highest BCUT2D eigenvalue weighted by Crippen LogP contribution is 2.28. The normalized spacial score (nSPS) is 10.8. The van der Waals surface area contributed by atoms with E-state index in [4.69, 9.17) is 4.42 Å². The second kappa shape index (κ2) is 6.46. The second-order valence-electron chi connectivity index (χ2n) is 5.53. The summed E-state index contributed by atoms with van der Waals surface area (Å²) in [4.78, 5) is 20.4. The van der Waals surface area contributed by atoms with Crippen molar-refractivity contribution in [3.8, 4) is 6.07 Å². The Morgan fingerprint density at radius 3 is 2.75 bits per heavy atom. The molecule has 6 heteroatoms. The number of rotatable bonds is 3. The van der Waals surface area contributed by atoms with Crippen LogP contribution in [-0.2, 0) is 5.75 Å². The maximum Gasteiger partial charge on any atom is 0.336 e. The minimum Gasteiger partial charge on any atom is -0.423 e. The van der Waals surface area contributed by atoms with Crippen LogP contribution in [0.4, 0.5) is 0 Å². The number of aromatic nitrogens is 2. The minimum atomic E-state index is -0.376. The summed E-state index contributed by atoms with van der Waals surface area (Å²) in [6.45, 7) is 5.55. The fourth-order valence-electron chi connectivity index (χ4n) is 2.52. The highest BCUT2D eigenvalue weighted by Gasteiger charge is 2.12. The summed E-state index contributed by atoms with van der Waals surface area (Å²) >= 11 is 1.43. The molecule has 0 fully saturated rings. The lowest BCUT2D eigenvalue weighted by Crippen LogP contribution is -2.02. The van der Waals surface area contributed by atoms with Gasteiger partial charge in [-0.15, -0.1) is 11.8 Å². The Hall–Kier alpha value is -2.65. The van der Waals surface area contributed by atoms with Crippen molar-refractivity contribution in [2.75, 3.05) is 0 Å². The Labute approximate surface area is 143 Å². The molecule has 0 saturated carbocycles. The second-order valence-corrected chi connectivity index (χ2v) is 6.49. The number of aryl methyl sites for hydroxylation is 3. The zero-order valence-electron chi connectivity index (χ0n) is 13.6. The van der Waals surface area contributed by atoms with E-state index in [9.17, 15) is 10.1 Å². The molecule has 5 nitrogen and oxygen atoms in total. The van der Waals surface area contributed by atoms with Crippen molar-refractivity contribution in [2.45, 2.75) is 31.6 Å². The molecule has 1 aromatic carbocycles. The average molecular weight is 337 g/mol. The summed E-state index contributed by atoms with van der Waals surface area (Å²) in [5, 5.41) is 10.9. The fourth-order valence-corrected chi connectivity index (χ4v) is 3.58. The van der Waals surface area contributed by atoms with E-state index in [-0.39, 0.29) is 5.63 Å². The number of benzene rings is 1. The van der Waals surface area contributed by atoms with Crippen molar-refractivity contribution >= 4 is 22.7 Å². The Kier molecular flexibility index (Phi) is 4.36. The SMILES string of the molecule is Cc1ccc2c(CSc3nc(C)nc(C)c3C#N)cc(=O)oc2c1. The predicted octanol–water partition coefficient (Wildman–Crippen LogP) is 3.67. The zero-order valence-corrected chi connectivity index (χ0v) is 14.4. The lowest BCUT2D eigenvalue weighted by molar-refractivity contribution is 0.559. The number of nitrogens with zero attached hydrogens (tertiary/aromatic N) is 3. The largest absolute Gasteiger partial charge is 0.423 e. The van der Waals surface area contributed by atoms with Gasteiger partial charge in [0.05, 0.1) is 5.69 Å². The van der Waals surface area contributed by atoms with Crippen LogP contribution in [0, 0.1) is 32.1 Å². The first-order valence-corrected chi connectivity index (χ1v) is 8.38. The molecule has 0 aliphatic heterocycles. The Balaban J connectivity index is 2.01. The maximum absolute atomic E-state index is 11.8. The summed E-state index contributed by atoms with van der Waals surface area (Å²) in [5.41, 5.74) is 3.25. The van der Waals surface area contributed by atoms with Crippen LogP contribution in [-0.4, -0.2) is 9.97 Å². The molecule has 0 amide bonds. The predicted molar refractivity (Wildman–Crippen MR) is 93.0 cm³/mol. The first-order chi connectivity index (χ1) is 11.5. The van der Waals surface area contributed by atoms with Crippen LogP contribution in [0.5, 0.6) is 0 Å². The van der Waals surface area contributed by atoms with Crippen LogP contribution < -0.4 is 5.63 Å². The van der Waals surface area contributed by atoms with Crippen LogP contribution in [0.15, 0.2) is 38.5 Å². The van der Waals surface area contributed by atoms with Crippen LogP contribution in [0.3, 0.4) is 0 Å². The van der Waals surface area contributed by atoms with Crippen molar-refractivity contribution in [3.63, 3.8) is 0 Å². The highest BCUT2D eigenvalue weighted by molar-refractivity contribution is 7.98. The molecule has 0 N–H and O–H groups in total. The molecule has 120 valence electrons. The molecule has 0 atom stereocenters. The van der Waals surface area contributed by atoms with Crippen molar-refractivity contribution in [1.82, 2.24) is 9.97 Å². The topological polar surface area (TPSA) is 79.8 Å². The molecule has 0 aliphatic carbocycles. The molecule has 0 saturated heterocycles. The van der Waals surface area contributed by atoms with Gasteiger partial charge in [0, 0.05) is 17.2 Å². The Morgan fingerprint density at radius 2 is 2.00 bits per heavy atom. The van der Waals surface area contributed by atoms with E-state index >= 15 is 0 Å². The van der Waals surface area contributed by atoms with Gasteiger partial charge in [0.1, 0.15) is 28.1 Å². The summed E-state index contributed by atoms with van der Waals surface area (Å²) in [6, 6.07) is 9.44. The smallest absolute Gasteiger partial charge is 0.336 e. The number of hydrogen-bond donors (Lipinski definition) is 0. The molecular weight excluding hydrogens is 322 g/mol. The molecular formula is C18H15N3O2S. The van der Waals surface area contributed by atoms with Crippen molar-refractivity contribution in [2.24, 2.45) is 0 Å². The summed E-state index contributed by atoms with van der Waals surface area (Å²) in [5.74, 6) is 1.15. The highest BCUT2D eigenvalue weighted by atomic mass is 32.2. The number of fused-ring (bicyclic) bond motifs is 1. The summed E-state index contributed by atoms with van der Waals surface area (Å²) in [7, 11) is 0. The zero-order chi connectivity index (χ0) is 17.3. The third kappa shape index (κ3) is 3.17. The maximum atomic E-state index is 11.8. The van der Waals surface area contributed by atoms with E-state index in [1.165, 1.54) is 17.8 Å².